The van der Waals surface area contributed by atoms with E-state index in [1.807, 2.05) is 24.3 Å². The maximum absolute atomic E-state index is 10.1. The summed E-state index contributed by atoms with van der Waals surface area (Å²) in [5, 5.41) is 20.1. The molecule has 30 heavy (non-hydrogen) atoms. The summed E-state index contributed by atoms with van der Waals surface area (Å²) in [4.78, 5) is 0. The van der Waals surface area contributed by atoms with Crippen LogP contribution in [0.5, 0.6) is 0 Å². The highest BCUT2D eigenvalue weighted by molar-refractivity contribution is 5.52. The summed E-state index contributed by atoms with van der Waals surface area (Å²) in [6.07, 6.45) is 11.1. The van der Waals surface area contributed by atoms with Crippen molar-refractivity contribution in [1.29, 1.82) is 10.5 Å². The van der Waals surface area contributed by atoms with E-state index >= 15 is 0 Å². The molecule has 148 valence electrons. The van der Waals surface area contributed by atoms with Gasteiger partial charge in [-0.2, -0.15) is 10.5 Å². The zero-order chi connectivity index (χ0) is 21.0. The number of hydrogen-bond donors (Lipinski definition) is 0. The third kappa shape index (κ3) is 3.51. The summed E-state index contributed by atoms with van der Waals surface area (Å²) in [6.45, 7) is 3.83. The van der Waals surface area contributed by atoms with Gasteiger partial charge in [-0.1, -0.05) is 85.0 Å². The fourth-order valence-electron chi connectivity index (χ4n) is 5.14. The van der Waals surface area contributed by atoms with Gasteiger partial charge in [-0.25, -0.2) is 0 Å². The molecule has 0 amide bonds. The molecule has 1 fully saturated rings. The third-order valence-electron chi connectivity index (χ3n) is 6.79. The Hall–Kier alpha value is -3.36. The monoisotopic (exact) mass is 390 g/mol. The van der Waals surface area contributed by atoms with Crippen molar-refractivity contribution in [1.82, 2.24) is 0 Å². The molecule has 2 heteroatoms. The highest BCUT2D eigenvalue weighted by Crippen LogP contribution is 2.59. The number of rotatable bonds is 7. The van der Waals surface area contributed by atoms with Crippen molar-refractivity contribution in [3.63, 3.8) is 0 Å². The molecular formula is C28H26N2. The molecule has 2 aromatic carbocycles. The topological polar surface area (TPSA) is 47.6 Å². The molecule has 2 aromatic rings. The summed E-state index contributed by atoms with van der Waals surface area (Å²) >= 11 is 0. The number of fused-ring (bicyclic) bond motifs is 1. The minimum absolute atomic E-state index is 0.124. The van der Waals surface area contributed by atoms with E-state index in [4.69, 9.17) is 0 Å². The Morgan fingerprint density at radius 2 is 1.67 bits per heavy atom. The lowest BCUT2D eigenvalue weighted by Crippen LogP contribution is -2.33. The van der Waals surface area contributed by atoms with Crippen LogP contribution in [0, 0.1) is 45.8 Å². The van der Waals surface area contributed by atoms with Gasteiger partial charge in [0.25, 0.3) is 0 Å². The lowest BCUT2D eigenvalue weighted by molar-refractivity contribution is 0.173. The van der Waals surface area contributed by atoms with E-state index in [-0.39, 0.29) is 11.8 Å². The van der Waals surface area contributed by atoms with Crippen molar-refractivity contribution in [2.75, 3.05) is 0 Å². The van der Waals surface area contributed by atoms with E-state index in [1.54, 1.807) is 6.08 Å². The second kappa shape index (κ2) is 8.56. The predicted octanol–water partition coefficient (Wildman–Crippen LogP) is 6.68. The van der Waals surface area contributed by atoms with E-state index in [2.05, 4.69) is 73.3 Å². The molecule has 0 saturated heterocycles. The van der Waals surface area contributed by atoms with Crippen LogP contribution in [0.1, 0.15) is 36.3 Å². The van der Waals surface area contributed by atoms with Crippen LogP contribution in [0.4, 0.5) is 0 Å². The second-order valence-corrected chi connectivity index (χ2v) is 8.38. The third-order valence-corrected chi connectivity index (χ3v) is 6.79. The summed E-state index contributed by atoms with van der Waals surface area (Å²) in [5.74, 6) is 1.26. The molecule has 2 unspecified atom stereocenters. The SMILES string of the molecule is C=CCC(C#N)(C#N)C1=C[C@@H]2CCC2C1[C@@H](/C=C/c1ccccc1)c1ccccc1. The van der Waals surface area contributed by atoms with Gasteiger partial charge in [0.2, 0.25) is 0 Å². The van der Waals surface area contributed by atoms with Gasteiger partial charge < -0.3 is 0 Å². The molecule has 0 bridgehead atoms. The van der Waals surface area contributed by atoms with Crippen molar-refractivity contribution < 1.29 is 0 Å². The molecule has 2 aliphatic rings. The first kappa shape index (κ1) is 19.9. The molecule has 0 radical (unpaired) electrons. The van der Waals surface area contributed by atoms with Crippen LogP contribution in [0.2, 0.25) is 0 Å². The maximum Gasteiger partial charge on any atom is 0.168 e. The number of benzene rings is 2. The lowest BCUT2D eigenvalue weighted by Gasteiger charge is -2.40. The van der Waals surface area contributed by atoms with Gasteiger partial charge in [-0.3, -0.25) is 0 Å². The van der Waals surface area contributed by atoms with Crippen molar-refractivity contribution >= 4 is 6.08 Å². The average Bonchev–Trinajstić information content (AvgIpc) is 3.04. The van der Waals surface area contributed by atoms with Crippen LogP contribution in [-0.4, -0.2) is 0 Å². The zero-order valence-electron chi connectivity index (χ0n) is 17.1. The Bertz CT molecular complexity index is 1020. The Kier molecular flexibility index (Phi) is 5.69. The van der Waals surface area contributed by atoms with Gasteiger partial charge in [-0.15, -0.1) is 6.58 Å². The Labute approximate surface area is 179 Å². The molecule has 0 aromatic heterocycles. The smallest absolute Gasteiger partial charge is 0.168 e. The Morgan fingerprint density at radius 3 is 2.23 bits per heavy atom. The molecule has 0 spiro atoms. The number of nitriles is 2. The van der Waals surface area contributed by atoms with E-state index < -0.39 is 5.41 Å². The van der Waals surface area contributed by atoms with Crippen LogP contribution in [0.25, 0.3) is 6.08 Å². The molecule has 4 atom stereocenters. The van der Waals surface area contributed by atoms with E-state index in [0.29, 0.717) is 18.3 Å². The van der Waals surface area contributed by atoms with Crippen molar-refractivity contribution in [2.24, 2.45) is 23.2 Å². The van der Waals surface area contributed by atoms with E-state index in [0.717, 1.165) is 24.0 Å². The first-order valence-corrected chi connectivity index (χ1v) is 10.7. The normalized spacial score (nSPS) is 23.5. The molecule has 2 aliphatic carbocycles. The summed E-state index contributed by atoms with van der Waals surface area (Å²) in [7, 11) is 0. The number of hydrogen-bond acceptors (Lipinski definition) is 2. The van der Waals surface area contributed by atoms with Crippen LogP contribution >= 0.6 is 0 Å². The predicted molar refractivity (Wildman–Crippen MR) is 121 cm³/mol. The first-order valence-electron chi connectivity index (χ1n) is 10.7. The van der Waals surface area contributed by atoms with E-state index in [9.17, 15) is 10.5 Å². The van der Waals surface area contributed by atoms with Crippen LogP contribution in [-0.2, 0) is 0 Å². The molecule has 2 nitrogen and oxygen atoms in total. The van der Waals surface area contributed by atoms with Gasteiger partial charge in [0, 0.05) is 12.3 Å². The minimum atomic E-state index is -1.13. The van der Waals surface area contributed by atoms with Crippen LogP contribution in [0.15, 0.2) is 91.0 Å². The van der Waals surface area contributed by atoms with Gasteiger partial charge >= 0.3 is 0 Å². The highest BCUT2D eigenvalue weighted by Gasteiger charge is 2.52. The maximum atomic E-state index is 10.1. The minimum Gasteiger partial charge on any atom is -0.196 e. The number of allylic oxidation sites excluding steroid dienone is 4. The molecule has 0 N–H and O–H groups in total. The van der Waals surface area contributed by atoms with E-state index in [1.165, 1.54) is 5.56 Å². The van der Waals surface area contributed by atoms with Gasteiger partial charge in [0.05, 0.1) is 12.1 Å². The second-order valence-electron chi connectivity index (χ2n) is 8.38. The zero-order valence-corrected chi connectivity index (χ0v) is 17.1. The Balaban J connectivity index is 1.80. The van der Waals surface area contributed by atoms with Gasteiger partial charge in [0.15, 0.2) is 5.41 Å². The van der Waals surface area contributed by atoms with Crippen molar-refractivity contribution in [3.8, 4) is 12.1 Å². The first-order chi connectivity index (χ1) is 14.7. The summed E-state index contributed by atoms with van der Waals surface area (Å²) in [5.41, 5.74) is 2.27. The molecule has 0 aliphatic heterocycles. The van der Waals surface area contributed by atoms with Gasteiger partial charge in [0.1, 0.15) is 0 Å². The van der Waals surface area contributed by atoms with Crippen molar-refractivity contribution in [3.05, 3.63) is 102 Å². The largest absolute Gasteiger partial charge is 0.196 e. The highest BCUT2D eigenvalue weighted by atomic mass is 14.6. The van der Waals surface area contributed by atoms with Crippen LogP contribution < -0.4 is 0 Å². The molecular weight excluding hydrogens is 364 g/mol. The quantitative estimate of drug-likeness (QED) is 0.495. The van der Waals surface area contributed by atoms with Crippen molar-refractivity contribution in [2.45, 2.75) is 25.2 Å². The lowest BCUT2D eigenvalue weighted by atomic mass is 9.63. The fraction of sp³-hybridized carbons (Fsp3) is 0.286. The van der Waals surface area contributed by atoms with Gasteiger partial charge in [-0.05, 0) is 47.3 Å². The Morgan fingerprint density at radius 1 is 1.00 bits per heavy atom. The molecule has 1 saturated carbocycles. The molecule has 4 rings (SSSR count). The average molecular weight is 391 g/mol. The number of nitrogens with zero attached hydrogens (tertiary/aromatic N) is 2. The fourth-order valence-corrected chi connectivity index (χ4v) is 5.14. The molecule has 0 heterocycles. The van der Waals surface area contributed by atoms with Crippen LogP contribution in [0.3, 0.4) is 0 Å². The standard InChI is InChI=1S/C28H26N2/c1-2-17-28(19-29,20-30)26-18-23-14-16-25(23)27(26)24(22-11-7-4-8-12-22)15-13-21-9-5-3-6-10-21/h2-13,15,18,23-25,27H,1,14,16-17H2/b15-13+/t23-,24-,25?,27?/m0/s1. The summed E-state index contributed by atoms with van der Waals surface area (Å²) < 4.78 is 0. The summed E-state index contributed by atoms with van der Waals surface area (Å²) in [6, 6.07) is 25.5.